The summed E-state index contributed by atoms with van der Waals surface area (Å²) in [6.07, 6.45) is 6.88. The minimum Gasteiger partial charge on any atom is -0.145 e. The maximum Gasteiger partial charge on any atom is 0.0158 e. The van der Waals surface area contributed by atoms with Gasteiger partial charge in [-0.15, -0.1) is 11.3 Å². The van der Waals surface area contributed by atoms with Crippen molar-refractivity contribution in [2.75, 3.05) is 0 Å². The van der Waals surface area contributed by atoms with Gasteiger partial charge in [-0.3, -0.25) is 0 Å². The van der Waals surface area contributed by atoms with Gasteiger partial charge in [-0.25, -0.2) is 0 Å². The molecule has 0 aromatic carbocycles. The van der Waals surface area contributed by atoms with Crippen molar-refractivity contribution < 1.29 is 0 Å². The molecule has 0 spiro atoms. The molecule has 0 radical (unpaired) electrons. The topological polar surface area (TPSA) is 0 Å². The Morgan fingerprint density at radius 3 is 2.71 bits per heavy atom. The third kappa shape index (κ3) is 3.33. The van der Waals surface area contributed by atoms with E-state index in [4.69, 9.17) is 0 Å². The zero-order chi connectivity index (χ0) is 12.4. The molecule has 2 unspecified atom stereocenters. The molecule has 1 heterocycles. The maximum absolute atomic E-state index is 3.66. The van der Waals surface area contributed by atoms with Crippen molar-refractivity contribution >= 4 is 43.2 Å². The van der Waals surface area contributed by atoms with Crippen LogP contribution >= 0.6 is 43.2 Å². The van der Waals surface area contributed by atoms with Crippen molar-refractivity contribution in [3.8, 4) is 0 Å². The lowest BCUT2D eigenvalue weighted by Gasteiger charge is -2.21. The van der Waals surface area contributed by atoms with Gasteiger partial charge in [0.15, 0.2) is 0 Å². The molecule has 0 aliphatic heterocycles. The fourth-order valence-corrected chi connectivity index (χ4v) is 4.86. The maximum atomic E-state index is 3.66. The summed E-state index contributed by atoms with van der Waals surface area (Å²) in [5, 5.41) is 0. The molecule has 0 saturated carbocycles. The second-order valence-corrected chi connectivity index (χ2v) is 7.74. The zero-order valence-corrected chi connectivity index (χ0v) is 14.0. The second-order valence-electron chi connectivity index (χ2n) is 4.49. The Kier molecular flexibility index (Phi) is 4.67. The molecule has 0 saturated heterocycles. The Bertz CT molecular complexity index is 457. The molecule has 3 heteroatoms. The first kappa shape index (κ1) is 13.6. The largest absolute Gasteiger partial charge is 0.145 e. The quantitative estimate of drug-likeness (QED) is 0.583. The summed E-state index contributed by atoms with van der Waals surface area (Å²) >= 11 is 9.22. The number of hydrogen-bond donors (Lipinski definition) is 0. The van der Waals surface area contributed by atoms with Crippen LogP contribution in [0.2, 0.25) is 0 Å². The van der Waals surface area contributed by atoms with Gasteiger partial charge >= 0.3 is 0 Å². The Hall–Kier alpha value is 0.140. The molecule has 1 aliphatic rings. The first-order chi connectivity index (χ1) is 8.10. The van der Waals surface area contributed by atoms with Crippen molar-refractivity contribution in [2.45, 2.75) is 32.6 Å². The molecule has 0 nitrogen and oxygen atoms in total. The number of aryl methyl sites for hydroxylation is 1. The highest BCUT2D eigenvalue weighted by Gasteiger charge is 2.24. The lowest BCUT2D eigenvalue weighted by Crippen LogP contribution is -2.08. The standard InChI is InChI=1S/C14H16Br2S/c1-3-10-6-11(15)7-12(16)8-13(10)14-5-4-9(2)17-14/h4-5,7-8,10,13H,3,6H2,1-2H3. The van der Waals surface area contributed by atoms with Gasteiger partial charge in [-0.2, -0.15) is 0 Å². The normalized spacial score (nSPS) is 25.2. The van der Waals surface area contributed by atoms with Crippen molar-refractivity contribution in [3.63, 3.8) is 0 Å². The summed E-state index contributed by atoms with van der Waals surface area (Å²) in [5.74, 6) is 1.23. The third-order valence-electron chi connectivity index (χ3n) is 3.21. The van der Waals surface area contributed by atoms with Gasteiger partial charge in [-0.05, 0) is 42.0 Å². The van der Waals surface area contributed by atoms with Gasteiger partial charge < -0.3 is 0 Å². The first-order valence-electron chi connectivity index (χ1n) is 5.90. The van der Waals surface area contributed by atoms with E-state index in [9.17, 15) is 0 Å². The molecular weight excluding hydrogens is 360 g/mol. The first-order valence-corrected chi connectivity index (χ1v) is 8.30. The molecule has 1 aromatic rings. The number of hydrogen-bond acceptors (Lipinski definition) is 1. The molecule has 0 fully saturated rings. The highest BCUT2D eigenvalue weighted by atomic mass is 79.9. The van der Waals surface area contributed by atoms with E-state index in [0.717, 1.165) is 6.42 Å². The number of thiophene rings is 1. The van der Waals surface area contributed by atoms with Crippen LogP contribution in [0.4, 0.5) is 0 Å². The minimum atomic E-state index is 0.541. The molecule has 0 amide bonds. The van der Waals surface area contributed by atoms with Gasteiger partial charge in [0.2, 0.25) is 0 Å². The molecule has 2 rings (SSSR count). The van der Waals surface area contributed by atoms with Crippen LogP contribution in [0.1, 0.15) is 35.4 Å². The summed E-state index contributed by atoms with van der Waals surface area (Å²) < 4.78 is 2.49. The van der Waals surface area contributed by atoms with E-state index in [1.165, 1.54) is 25.1 Å². The summed E-state index contributed by atoms with van der Waals surface area (Å²) in [4.78, 5) is 2.89. The van der Waals surface area contributed by atoms with E-state index in [2.05, 4.69) is 70.0 Å². The second kappa shape index (κ2) is 5.85. The van der Waals surface area contributed by atoms with Crippen LogP contribution in [-0.2, 0) is 0 Å². The number of rotatable bonds is 2. The van der Waals surface area contributed by atoms with E-state index in [-0.39, 0.29) is 0 Å². The number of allylic oxidation sites excluding steroid dienone is 4. The van der Waals surface area contributed by atoms with E-state index < -0.39 is 0 Å². The predicted octanol–water partition coefficient (Wildman–Crippen LogP) is 6.13. The highest BCUT2D eigenvalue weighted by Crippen LogP contribution is 2.41. The lowest BCUT2D eigenvalue weighted by molar-refractivity contribution is 0.471. The van der Waals surface area contributed by atoms with Crippen molar-refractivity contribution in [1.82, 2.24) is 0 Å². The molecular formula is C14H16Br2S. The van der Waals surface area contributed by atoms with Crippen LogP contribution < -0.4 is 0 Å². The van der Waals surface area contributed by atoms with E-state index in [0.29, 0.717) is 11.8 Å². The van der Waals surface area contributed by atoms with Crippen LogP contribution in [0, 0.1) is 12.8 Å². The zero-order valence-electron chi connectivity index (χ0n) is 10.0. The molecule has 1 aromatic heterocycles. The van der Waals surface area contributed by atoms with E-state index in [1.807, 2.05) is 11.3 Å². The number of halogens is 2. The lowest BCUT2D eigenvalue weighted by atomic mass is 9.87. The third-order valence-corrected chi connectivity index (χ3v) is 5.36. The molecule has 1 aliphatic carbocycles. The molecule has 92 valence electrons. The van der Waals surface area contributed by atoms with Gasteiger partial charge in [0, 0.05) is 20.2 Å². The van der Waals surface area contributed by atoms with Gasteiger partial charge in [-0.1, -0.05) is 51.3 Å². The highest BCUT2D eigenvalue weighted by molar-refractivity contribution is 9.12. The van der Waals surface area contributed by atoms with Crippen molar-refractivity contribution in [1.29, 1.82) is 0 Å². The van der Waals surface area contributed by atoms with Crippen LogP contribution in [0.15, 0.2) is 33.2 Å². The summed E-state index contributed by atoms with van der Waals surface area (Å²) in [5.41, 5.74) is 0. The van der Waals surface area contributed by atoms with Gasteiger partial charge in [0.1, 0.15) is 0 Å². The van der Waals surface area contributed by atoms with Crippen LogP contribution in [0.3, 0.4) is 0 Å². The summed E-state index contributed by atoms with van der Waals surface area (Å²) in [6, 6.07) is 4.51. The van der Waals surface area contributed by atoms with Crippen LogP contribution in [-0.4, -0.2) is 0 Å². The monoisotopic (exact) mass is 374 g/mol. The smallest absolute Gasteiger partial charge is 0.0158 e. The Balaban J connectivity index is 2.34. The summed E-state index contributed by atoms with van der Waals surface area (Å²) in [7, 11) is 0. The average Bonchev–Trinajstić information content (AvgIpc) is 2.63. The minimum absolute atomic E-state index is 0.541. The van der Waals surface area contributed by atoms with Crippen molar-refractivity contribution in [3.05, 3.63) is 43.0 Å². The van der Waals surface area contributed by atoms with E-state index >= 15 is 0 Å². The van der Waals surface area contributed by atoms with Crippen molar-refractivity contribution in [2.24, 2.45) is 5.92 Å². The Morgan fingerprint density at radius 2 is 2.12 bits per heavy atom. The fourth-order valence-electron chi connectivity index (χ4n) is 2.29. The summed E-state index contributed by atoms with van der Waals surface area (Å²) in [6.45, 7) is 4.46. The Morgan fingerprint density at radius 1 is 1.35 bits per heavy atom. The predicted molar refractivity (Wildman–Crippen MR) is 84.2 cm³/mol. The molecule has 0 bridgehead atoms. The van der Waals surface area contributed by atoms with Crippen LogP contribution in [0.25, 0.3) is 0 Å². The van der Waals surface area contributed by atoms with E-state index in [1.54, 1.807) is 0 Å². The molecule has 2 atom stereocenters. The Labute approximate surface area is 124 Å². The molecule has 0 N–H and O–H groups in total. The van der Waals surface area contributed by atoms with Gasteiger partial charge in [0.05, 0.1) is 0 Å². The SMILES string of the molecule is CCC1CC(Br)=CC(Br)=CC1c1ccc(C)s1. The fraction of sp³-hybridized carbons (Fsp3) is 0.429. The van der Waals surface area contributed by atoms with Crippen LogP contribution in [0.5, 0.6) is 0 Å². The average molecular weight is 376 g/mol. The van der Waals surface area contributed by atoms with Gasteiger partial charge in [0.25, 0.3) is 0 Å². The molecule has 17 heavy (non-hydrogen) atoms.